The molecule has 0 fully saturated rings. The summed E-state index contributed by atoms with van der Waals surface area (Å²) in [5.41, 5.74) is 0. The zero-order valence-electron chi connectivity index (χ0n) is 4.91. The second kappa shape index (κ2) is 4.40. The Balaban J connectivity index is 3.50. The molecule has 0 saturated carbocycles. The molecule has 0 aromatic heterocycles. The molecule has 0 aromatic carbocycles. The van der Waals surface area contributed by atoms with Crippen molar-refractivity contribution in [3.05, 3.63) is 0 Å². The molecule has 0 spiro atoms. The van der Waals surface area contributed by atoms with Gasteiger partial charge in [0.15, 0.2) is 0 Å². The fraction of sp³-hybridized carbons (Fsp3) is 0.667. The van der Waals surface area contributed by atoms with Gasteiger partial charge in [-0.3, -0.25) is 0 Å². The molecule has 0 rings (SSSR count). The van der Waals surface area contributed by atoms with Gasteiger partial charge < -0.3 is 0 Å². The summed E-state index contributed by atoms with van der Waals surface area (Å²) < 4.78 is 0. The lowest BCUT2D eigenvalue weighted by Crippen LogP contribution is -1.86. The van der Waals surface area contributed by atoms with Crippen LogP contribution in [0, 0.1) is 11.8 Å². The van der Waals surface area contributed by atoms with Crippen LogP contribution in [-0.2, 0) is 0 Å². The van der Waals surface area contributed by atoms with Gasteiger partial charge in [0.25, 0.3) is 0 Å². The lowest BCUT2D eigenvalue weighted by molar-refractivity contribution is 1.29. The van der Waals surface area contributed by atoms with E-state index in [9.17, 15) is 0 Å². The first kappa shape index (κ1) is 8.52. The SMILES string of the molecule is CC(Br)C#CC(C)Br. The number of alkyl halides is 2. The fourth-order valence-corrected chi connectivity index (χ4v) is 0.494. The predicted molar refractivity (Wildman–Crippen MR) is 44.6 cm³/mol. The van der Waals surface area contributed by atoms with Crippen molar-refractivity contribution < 1.29 is 0 Å². The van der Waals surface area contributed by atoms with E-state index in [1.54, 1.807) is 0 Å². The minimum atomic E-state index is 0.308. The van der Waals surface area contributed by atoms with Crippen molar-refractivity contribution in [1.29, 1.82) is 0 Å². The van der Waals surface area contributed by atoms with Crippen LogP contribution in [0.25, 0.3) is 0 Å². The molecule has 0 amide bonds. The average Bonchev–Trinajstić information content (AvgIpc) is 1.61. The van der Waals surface area contributed by atoms with Gasteiger partial charge in [0.1, 0.15) is 0 Å². The number of hydrogen-bond donors (Lipinski definition) is 0. The summed E-state index contributed by atoms with van der Waals surface area (Å²) in [7, 11) is 0. The molecule has 2 unspecified atom stereocenters. The van der Waals surface area contributed by atoms with Crippen molar-refractivity contribution in [3.63, 3.8) is 0 Å². The van der Waals surface area contributed by atoms with Crippen LogP contribution in [0.1, 0.15) is 13.8 Å². The van der Waals surface area contributed by atoms with Crippen LogP contribution in [-0.4, -0.2) is 9.65 Å². The molecular formula is C6H8Br2. The molecule has 2 heteroatoms. The van der Waals surface area contributed by atoms with Crippen LogP contribution >= 0.6 is 31.9 Å². The highest BCUT2D eigenvalue weighted by Gasteiger charge is 1.86. The first-order valence-electron chi connectivity index (χ1n) is 2.42. The Labute approximate surface area is 67.3 Å². The summed E-state index contributed by atoms with van der Waals surface area (Å²) in [6.07, 6.45) is 0. The first-order valence-corrected chi connectivity index (χ1v) is 4.25. The van der Waals surface area contributed by atoms with Gasteiger partial charge in [-0.1, -0.05) is 43.7 Å². The molecule has 0 aromatic rings. The molecule has 0 aliphatic carbocycles. The molecule has 0 radical (unpaired) electrons. The molecule has 0 N–H and O–H groups in total. The molecule has 0 aliphatic rings. The highest BCUT2D eigenvalue weighted by molar-refractivity contribution is 9.10. The van der Waals surface area contributed by atoms with E-state index in [4.69, 9.17) is 0 Å². The van der Waals surface area contributed by atoms with Gasteiger partial charge in [0.05, 0.1) is 9.65 Å². The Morgan fingerprint density at radius 1 is 1.00 bits per heavy atom. The monoisotopic (exact) mass is 238 g/mol. The molecular weight excluding hydrogens is 232 g/mol. The van der Waals surface area contributed by atoms with Crippen LogP contribution < -0.4 is 0 Å². The second-order valence-corrected chi connectivity index (χ2v) is 4.27. The predicted octanol–water partition coefficient (Wildman–Crippen LogP) is 2.56. The molecule has 0 aliphatic heterocycles. The summed E-state index contributed by atoms with van der Waals surface area (Å²) >= 11 is 6.62. The van der Waals surface area contributed by atoms with E-state index >= 15 is 0 Å². The molecule has 0 nitrogen and oxygen atoms in total. The van der Waals surface area contributed by atoms with E-state index in [1.807, 2.05) is 13.8 Å². The van der Waals surface area contributed by atoms with E-state index in [0.717, 1.165) is 0 Å². The summed E-state index contributed by atoms with van der Waals surface area (Å²) in [5, 5.41) is 0. The number of rotatable bonds is 0. The topological polar surface area (TPSA) is 0 Å². The van der Waals surface area contributed by atoms with E-state index in [0.29, 0.717) is 9.65 Å². The normalized spacial score (nSPS) is 16.0. The maximum atomic E-state index is 3.31. The zero-order valence-corrected chi connectivity index (χ0v) is 8.08. The summed E-state index contributed by atoms with van der Waals surface area (Å²) in [5.74, 6) is 5.93. The summed E-state index contributed by atoms with van der Waals surface area (Å²) in [6.45, 7) is 4.00. The molecule has 8 heavy (non-hydrogen) atoms. The van der Waals surface area contributed by atoms with Gasteiger partial charge in [-0.25, -0.2) is 0 Å². The first-order chi connectivity index (χ1) is 3.63. The third kappa shape index (κ3) is 6.52. The highest BCUT2D eigenvalue weighted by Crippen LogP contribution is 1.97. The molecule has 0 saturated heterocycles. The number of halogens is 2. The summed E-state index contributed by atoms with van der Waals surface area (Å²) in [6, 6.07) is 0. The van der Waals surface area contributed by atoms with Crippen molar-refractivity contribution in [2.45, 2.75) is 23.5 Å². The van der Waals surface area contributed by atoms with Crippen LogP contribution in [0.2, 0.25) is 0 Å². The third-order valence-electron chi connectivity index (χ3n) is 0.481. The maximum absolute atomic E-state index is 3.31. The standard InChI is InChI=1S/C6H8Br2/c1-5(7)3-4-6(2)8/h5-6H,1-2H3. The van der Waals surface area contributed by atoms with E-state index in [2.05, 4.69) is 43.7 Å². The van der Waals surface area contributed by atoms with E-state index in [-0.39, 0.29) is 0 Å². The quantitative estimate of drug-likeness (QED) is 0.450. The minimum absolute atomic E-state index is 0.308. The average molecular weight is 240 g/mol. The Bertz CT molecular complexity index is 93.4. The molecule has 46 valence electrons. The fourth-order valence-electron chi connectivity index (χ4n) is 0.230. The van der Waals surface area contributed by atoms with Crippen molar-refractivity contribution in [3.8, 4) is 11.8 Å². The van der Waals surface area contributed by atoms with Crippen molar-refractivity contribution in [1.82, 2.24) is 0 Å². The van der Waals surface area contributed by atoms with Crippen LogP contribution in [0.5, 0.6) is 0 Å². The molecule has 0 bridgehead atoms. The molecule has 0 heterocycles. The van der Waals surface area contributed by atoms with Gasteiger partial charge in [-0.2, -0.15) is 0 Å². The van der Waals surface area contributed by atoms with Crippen LogP contribution in [0.15, 0.2) is 0 Å². The molecule has 2 atom stereocenters. The maximum Gasteiger partial charge on any atom is 0.0727 e. The van der Waals surface area contributed by atoms with Gasteiger partial charge in [-0.05, 0) is 13.8 Å². The second-order valence-electron chi connectivity index (χ2n) is 1.52. The lowest BCUT2D eigenvalue weighted by Gasteiger charge is -1.87. The van der Waals surface area contributed by atoms with Gasteiger partial charge in [0.2, 0.25) is 0 Å². The van der Waals surface area contributed by atoms with Crippen LogP contribution in [0.4, 0.5) is 0 Å². The van der Waals surface area contributed by atoms with Gasteiger partial charge in [-0.15, -0.1) is 0 Å². The number of hydrogen-bond acceptors (Lipinski definition) is 0. The van der Waals surface area contributed by atoms with E-state index in [1.165, 1.54) is 0 Å². The van der Waals surface area contributed by atoms with Gasteiger partial charge >= 0.3 is 0 Å². The van der Waals surface area contributed by atoms with Gasteiger partial charge in [0, 0.05) is 0 Å². The third-order valence-corrected chi connectivity index (χ3v) is 0.939. The van der Waals surface area contributed by atoms with Crippen molar-refractivity contribution in [2.75, 3.05) is 0 Å². The van der Waals surface area contributed by atoms with Crippen LogP contribution in [0.3, 0.4) is 0 Å². The van der Waals surface area contributed by atoms with Crippen molar-refractivity contribution >= 4 is 31.9 Å². The Morgan fingerprint density at radius 3 is 1.38 bits per heavy atom. The van der Waals surface area contributed by atoms with E-state index < -0.39 is 0 Å². The minimum Gasteiger partial charge on any atom is -0.0874 e. The zero-order chi connectivity index (χ0) is 6.57. The Kier molecular flexibility index (Phi) is 4.69. The smallest absolute Gasteiger partial charge is 0.0727 e. The highest BCUT2D eigenvalue weighted by atomic mass is 79.9. The largest absolute Gasteiger partial charge is 0.0874 e. The lowest BCUT2D eigenvalue weighted by atomic mass is 10.4. The summed E-state index contributed by atoms with van der Waals surface area (Å²) in [4.78, 5) is 0.616. The van der Waals surface area contributed by atoms with Crippen molar-refractivity contribution in [2.24, 2.45) is 0 Å². The Hall–Kier alpha value is 0.520. The Morgan fingerprint density at radius 2 is 1.25 bits per heavy atom.